The van der Waals surface area contributed by atoms with Crippen LogP contribution in [-0.2, 0) is 9.59 Å². The van der Waals surface area contributed by atoms with E-state index in [1.807, 2.05) is 6.07 Å². The van der Waals surface area contributed by atoms with Crippen LogP contribution in [0.1, 0.15) is 33.6 Å². The Labute approximate surface area is 218 Å². The van der Waals surface area contributed by atoms with E-state index < -0.39 is 29.7 Å². The highest BCUT2D eigenvalue weighted by molar-refractivity contribution is 7.14. The average Bonchev–Trinajstić information content (AvgIpc) is 3.61. The molecule has 3 aliphatic heterocycles. The molecule has 1 N–H and O–H groups in total. The van der Waals surface area contributed by atoms with Gasteiger partial charge < -0.3 is 14.7 Å². The maximum absolute atomic E-state index is 14.9. The van der Waals surface area contributed by atoms with Gasteiger partial charge in [0.25, 0.3) is 11.8 Å². The lowest BCUT2D eigenvalue weighted by molar-refractivity contribution is -0.139. The number of aliphatic imine (C=N–C) groups is 1. The molecule has 3 aliphatic rings. The van der Waals surface area contributed by atoms with Gasteiger partial charge in [-0.25, -0.2) is 19.2 Å². The second-order valence-corrected chi connectivity index (χ2v) is 11.1. The molecule has 10 nitrogen and oxygen atoms in total. The molecule has 2 saturated heterocycles. The average molecular weight is 528 g/mol. The third-order valence-electron chi connectivity index (χ3n) is 7.53. The second kappa shape index (κ2) is 9.09. The zero-order chi connectivity index (χ0) is 26.6. The van der Waals surface area contributed by atoms with Gasteiger partial charge in [-0.15, -0.1) is 11.3 Å². The summed E-state index contributed by atoms with van der Waals surface area (Å²) in [5.74, 6) is -1.10. The van der Waals surface area contributed by atoms with Crippen molar-refractivity contribution in [2.45, 2.75) is 57.4 Å². The van der Waals surface area contributed by atoms with Gasteiger partial charge in [0.05, 0.1) is 17.7 Å². The van der Waals surface area contributed by atoms with E-state index in [1.165, 1.54) is 35.7 Å². The Morgan fingerprint density at radius 1 is 1.24 bits per heavy atom. The summed E-state index contributed by atoms with van der Waals surface area (Å²) >= 11 is 1.24. The number of anilines is 2. The van der Waals surface area contributed by atoms with Crippen molar-refractivity contribution in [3.8, 4) is 11.3 Å². The number of hydrogen-bond donors (Lipinski definition) is 1. The molecule has 2 aromatic rings. The largest absolute Gasteiger partial charge is 0.366 e. The summed E-state index contributed by atoms with van der Waals surface area (Å²) < 4.78 is 14.9. The Morgan fingerprint density at radius 2 is 2.00 bits per heavy atom. The topological polar surface area (TPSA) is 101 Å². The summed E-state index contributed by atoms with van der Waals surface area (Å²) in [5, 5.41) is 4.95. The molecule has 0 aliphatic carbocycles. The first-order chi connectivity index (χ1) is 17.5. The number of carbonyl (C=O) groups is 3. The Balaban J connectivity index is 1.31. The first-order valence-electron chi connectivity index (χ1n) is 12.2. The lowest BCUT2D eigenvalue weighted by Crippen LogP contribution is -2.67. The van der Waals surface area contributed by atoms with E-state index in [9.17, 15) is 18.8 Å². The van der Waals surface area contributed by atoms with E-state index in [1.54, 1.807) is 37.2 Å². The SMILES string of the molecule is C[C@H]1CCCN1c1ccc(-c2csc(NC(=O)C(C)(C)N3C=NC4C3C(=O)N(C)C(=O)N4C)n2)cc1F. The predicted molar refractivity (Wildman–Crippen MR) is 140 cm³/mol. The molecule has 0 radical (unpaired) electrons. The fraction of sp³-hybridized carbons (Fsp3) is 0.480. The third kappa shape index (κ3) is 4.12. The number of halogens is 1. The molecule has 2 unspecified atom stereocenters. The number of urea groups is 1. The Bertz CT molecular complexity index is 1290. The lowest BCUT2D eigenvalue weighted by atomic mass is 9.98. The van der Waals surface area contributed by atoms with Gasteiger partial charge in [-0.1, -0.05) is 6.07 Å². The van der Waals surface area contributed by atoms with Crippen molar-refractivity contribution >= 4 is 46.3 Å². The van der Waals surface area contributed by atoms with Crippen LogP contribution < -0.4 is 10.2 Å². The summed E-state index contributed by atoms with van der Waals surface area (Å²) in [5.41, 5.74) is 0.611. The predicted octanol–water partition coefficient (Wildman–Crippen LogP) is 3.22. The van der Waals surface area contributed by atoms with E-state index in [2.05, 4.69) is 27.1 Å². The number of benzene rings is 1. The van der Waals surface area contributed by atoms with Crippen molar-refractivity contribution in [3.05, 3.63) is 29.4 Å². The quantitative estimate of drug-likeness (QED) is 0.641. The minimum atomic E-state index is -1.17. The minimum Gasteiger partial charge on any atom is -0.366 e. The van der Waals surface area contributed by atoms with Gasteiger partial charge in [-0.2, -0.15) is 0 Å². The van der Waals surface area contributed by atoms with Crippen molar-refractivity contribution in [1.82, 2.24) is 19.7 Å². The van der Waals surface area contributed by atoms with Crippen LogP contribution >= 0.6 is 11.3 Å². The molecule has 2 fully saturated rings. The molecular weight excluding hydrogens is 497 g/mol. The summed E-state index contributed by atoms with van der Waals surface area (Å²) in [4.78, 5) is 53.4. The molecular formula is C25H30FN7O3S. The molecule has 3 atom stereocenters. The van der Waals surface area contributed by atoms with E-state index in [-0.39, 0.29) is 11.7 Å². The Kier molecular flexibility index (Phi) is 6.17. The standard InChI is InChI=1S/C25H30FN7O3S/c1-14-7-6-10-32(14)18-9-8-15(11-16(18)26)17-12-37-23(28-17)29-22(35)25(2,3)33-13-27-20-19(33)21(34)31(5)24(36)30(20)4/h8-9,11-14,19-20H,6-7,10H2,1-5H3,(H,28,29,35)/t14-,19?,20?/m0/s1. The zero-order valence-corrected chi connectivity index (χ0v) is 22.3. The maximum atomic E-state index is 14.9. The number of nitrogens with zero attached hydrogens (tertiary/aromatic N) is 6. The van der Waals surface area contributed by atoms with Crippen LogP contribution in [0.3, 0.4) is 0 Å². The molecule has 5 rings (SSSR count). The fourth-order valence-electron chi connectivity index (χ4n) is 5.15. The number of fused-ring (bicyclic) bond motifs is 1. The van der Waals surface area contributed by atoms with Gasteiger partial charge in [0.1, 0.15) is 11.4 Å². The van der Waals surface area contributed by atoms with E-state index in [0.717, 1.165) is 24.3 Å². The van der Waals surface area contributed by atoms with Crippen molar-refractivity contribution in [3.63, 3.8) is 0 Å². The van der Waals surface area contributed by atoms with Crippen molar-refractivity contribution in [1.29, 1.82) is 0 Å². The zero-order valence-electron chi connectivity index (χ0n) is 21.4. The van der Waals surface area contributed by atoms with Crippen molar-refractivity contribution in [2.75, 3.05) is 30.9 Å². The molecule has 1 aromatic carbocycles. The van der Waals surface area contributed by atoms with Crippen molar-refractivity contribution < 1.29 is 18.8 Å². The van der Waals surface area contributed by atoms with Gasteiger partial charge in [0, 0.05) is 37.6 Å². The number of aromatic nitrogens is 1. The molecule has 196 valence electrons. The summed E-state index contributed by atoms with van der Waals surface area (Å²) in [6.07, 6.45) is 2.86. The van der Waals surface area contributed by atoms with Gasteiger partial charge in [-0.3, -0.25) is 19.8 Å². The van der Waals surface area contributed by atoms with Crippen LogP contribution in [-0.4, -0.2) is 88.3 Å². The summed E-state index contributed by atoms with van der Waals surface area (Å²) in [6.45, 7) is 6.31. The Hall–Kier alpha value is -3.54. The van der Waals surface area contributed by atoms with E-state index in [0.29, 0.717) is 28.1 Å². The summed E-state index contributed by atoms with van der Waals surface area (Å²) in [7, 11) is 2.99. The lowest BCUT2D eigenvalue weighted by Gasteiger charge is -2.44. The molecule has 0 bridgehead atoms. The molecule has 4 heterocycles. The first-order valence-corrected chi connectivity index (χ1v) is 13.1. The summed E-state index contributed by atoms with van der Waals surface area (Å²) in [6, 6.07) is 4.18. The maximum Gasteiger partial charge on any atom is 0.328 e. The normalized spacial score (nSPS) is 23.8. The van der Waals surface area contributed by atoms with Crippen LogP contribution in [0.4, 0.5) is 20.0 Å². The van der Waals surface area contributed by atoms with Crippen LogP contribution in [0.15, 0.2) is 28.6 Å². The number of amides is 4. The van der Waals surface area contributed by atoms with Crippen LogP contribution in [0.25, 0.3) is 11.3 Å². The van der Waals surface area contributed by atoms with E-state index >= 15 is 0 Å². The van der Waals surface area contributed by atoms with Crippen molar-refractivity contribution in [2.24, 2.45) is 4.99 Å². The molecule has 12 heteroatoms. The monoisotopic (exact) mass is 527 g/mol. The number of imide groups is 1. The molecule has 0 saturated carbocycles. The van der Waals surface area contributed by atoms with Gasteiger partial charge >= 0.3 is 6.03 Å². The number of rotatable bonds is 5. The minimum absolute atomic E-state index is 0.292. The first kappa shape index (κ1) is 25.1. The highest BCUT2D eigenvalue weighted by Gasteiger charge is 2.53. The van der Waals surface area contributed by atoms with Crippen LogP contribution in [0, 0.1) is 5.82 Å². The third-order valence-corrected chi connectivity index (χ3v) is 8.28. The molecule has 0 spiro atoms. The van der Waals surface area contributed by atoms with Gasteiger partial charge in [-0.05, 0) is 45.7 Å². The van der Waals surface area contributed by atoms with E-state index in [4.69, 9.17) is 0 Å². The van der Waals surface area contributed by atoms with Crippen LogP contribution in [0.5, 0.6) is 0 Å². The second-order valence-electron chi connectivity index (χ2n) is 10.2. The van der Waals surface area contributed by atoms with Gasteiger partial charge in [0.15, 0.2) is 17.3 Å². The van der Waals surface area contributed by atoms with Gasteiger partial charge in [0.2, 0.25) is 0 Å². The fourth-order valence-corrected chi connectivity index (χ4v) is 5.87. The highest BCUT2D eigenvalue weighted by Crippen LogP contribution is 2.34. The number of likely N-dealkylation sites (N-methyl/N-ethyl adjacent to an activating group) is 2. The molecule has 4 amide bonds. The highest BCUT2D eigenvalue weighted by atomic mass is 32.1. The van der Waals surface area contributed by atoms with Crippen LogP contribution in [0.2, 0.25) is 0 Å². The number of thiazole rings is 1. The number of carbonyl (C=O) groups excluding carboxylic acids is 3. The number of hydrogen-bond acceptors (Lipinski definition) is 8. The smallest absolute Gasteiger partial charge is 0.328 e. The molecule has 1 aromatic heterocycles. The number of nitrogens with one attached hydrogen (secondary N) is 1. The Morgan fingerprint density at radius 3 is 2.68 bits per heavy atom. The molecule has 37 heavy (non-hydrogen) atoms.